The molecule has 1 N–H and O–H groups in total. The van der Waals surface area contributed by atoms with Gasteiger partial charge < -0.3 is 5.32 Å². The van der Waals surface area contributed by atoms with Gasteiger partial charge in [0.1, 0.15) is 0 Å². The van der Waals surface area contributed by atoms with Crippen molar-refractivity contribution in [3.8, 4) is 0 Å². The molecule has 0 aliphatic carbocycles. The minimum Gasteiger partial charge on any atom is -0.310 e. The fourth-order valence-corrected chi connectivity index (χ4v) is 1.87. The van der Waals surface area contributed by atoms with Crippen LogP contribution in [0.2, 0.25) is 0 Å². The molecular formula is C13H22N2. The van der Waals surface area contributed by atoms with Crippen LogP contribution in [0.15, 0.2) is 18.5 Å². The topological polar surface area (TPSA) is 24.9 Å². The van der Waals surface area contributed by atoms with Gasteiger partial charge in [0.25, 0.3) is 0 Å². The van der Waals surface area contributed by atoms with Crippen molar-refractivity contribution < 1.29 is 0 Å². The van der Waals surface area contributed by atoms with E-state index in [1.807, 2.05) is 12.4 Å². The normalized spacial score (nSPS) is 12.7. The molecule has 0 fully saturated rings. The average molecular weight is 206 g/mol. The van der Waals surface area contributed by atoms with E-state index in [-0.39, 0.29) is 0 Å². The Kier molecular flexibility index (Phi) is 5.33. The molecule has 0 aliphatic rings. The maximum absolute atomic E-state index is 4.19. The lowest BCUT2D eigenvalue weighted by Gasteiger charge is -2.19. The Morgan fingerprint density at radius 1 is 1.33 bits per heavy atom. The molecule has 0 spiro atoms. The van der Waals surface area contributed by atoms with Gasteiger partial charge in [-0.2, -0.15) is 0 Å². The van der Waals surface area contributed by atoms with Crippen LogP contribution < -0.4 is 5.32 Å². The second kappa shape index (κ2) is 6.57. The first-order valence-corrected chi connectivity index (χ1v) is 5.99. The van der Waals surface area contributed by atoms with E-state index >= 15 is 0 Å². The molecule has 0 aliphatic heterocycles. The minimum absolute atomic E-state index is 0.489. The van der Waals surface area contributed by atoms with Gasteiger partial charge in [-0.05, 0) is 43.0 Å². The molecule has 0 aromatic carbocycles. The van der Waals surface area contributed by atoms with E-state index in [0.29, 0.717) is 6.04 Å². The monoisotopic (exact) mass is 206 g/mol. The summed E-state index contributed by atoms with van der Waals surface area (Å²) in [5, 5.41) is 3.58. The fraction of sp³-hybridized carbons (Fsp3) is 0.615. The largest absolute Gasteiger partial charge is 0.310 e. The van der Waals surface area contributed by atoms with Crippen molar-refractivity contribution in [2.75, 3.05) is 6.54 Å². The van der Waals surface area contributed by atoms with Crippen molar-refractivity contribution in [2.24, 2.45) is 0 Å². The third kappa shape index (κ3) is 3.31. The number of hydrogen-bond acceptors (Lipinski definition) is 2. The summed E-state index contributed by atoms with van der Waals surface area (Å²) in [6, 6.07) is 2.64. The standard InChI is InChI=1S/C13H22N2/c1-4-8-15-13(6-3)12-7-9-14-10-11(12)5-2/h7,9-10,13,15H,4-6,8H2,1-3H3. The molecule has 0 bridgehead atoms. The summed E-state index contributed by atoms with van der Waals surface area (Å²) in [5.41, 5.74) is 2.79. The van der Waals surface area contributed by atoms with Gasteiger partial charge in [0.15, 0.2) is 0 Å². The molecule has 84 valence electrons. The minimum atomic E-state index is 0.489. The summed E-state index contributed by atoms with van der Waals surface area (Å²) in [6.07, 6.45) is 7.27. The molecule has 1 heterocycles. The first kappa shape index (κ1) is 12.2. The van der Waals surface area contributed by atoms with Gasteiger partial charge in [0.05, 0.1) is 0 Å². The van der Waals surface area contributed by atoms with Crippen LogP contribution in [-0.2, 0) is 6.42 Å². The molecule has 0 saturated heterocycles. The van der Waals surface area contributed by atoms with Crippen LogP contribution in [0.3, 0.4) is 0 Å². The molecule has 0 radical (unpaired) electrons. The summed E-state index contributed by atoms with van der Waals surface area (Å²) >= 11 is 0. The van der Waals surface area contributed by atoms with Crippen LogP contribution >= 0.6 is 0 Å². The molecule has 1 unspecified atom stereocenters. The summed E-state index contributed by atoms with van der Waals surface area (Å²) < 4.78 is 0. The van der Waals surface area contributed by atoms with E-state index in [0.717, 1.165) is 19.4 Å². The van der Waals surface area contributed by atoms with Crippen molar-refractivity contribution in [2.45, 2.75) is 46.1 Å². The Morgan fingerprint density at radius 3 is 2.73 bits per heavy atom. The zero-order valence-corrected chi connectivity index (χ0v) is 10.1. The second-order valence-electron chi connectivity index (χ2n) is 3.84. The smallest absolute Gasteiger partial charge is 0.0321 e. The van der Waals surface area contributed by atoms with Gasteiger partial charge in [-0.3, -0.25) is 4.98 Å². The van der Waals surface area contributed by atoms with Crippen molar-refractivity contribution in [3.63, 3.8) is 0 Å². The quantitative estimate of drug-likeness (QED) is 0.773. The summed E-state index contributed by atoms with van der Waals surface area (Å²) in [5.74, 6) is 0. The molecule has 0 saturated carbocycles. The van der Waals surface area contributed by atoms with Gasteiger partial charge in [0.2, 0.25) is 0 Å². The van der Waals surface area contributed by atoms with Crippen LogP contribution in [0.25, 0.3) is 0 Å². The molecule has 2 nitrogen and oxygen atoms in total. The van der Waals surface area contributed by atoms with Crippen molar-refractivity contribution in [1.29, 1.82) is 0 Å². The highest BCUT2D eigenvalue weighted by molar-refractivity contribution is 5.26. The third-order valence-electron chi connectivity index (χ3n) is 2.75. The van der Waals surface area contributed by atoms with Crippen LogP contribution in [0.1, 0.15) is 50.8 Å². The SMILES string of the molecule is CCCNC(CC)c1ccncc1CC. The van der Waals surface area contributed by atoms with Crippen LogP contribution in [-0.4, -0.2) is 11.5 Å². The molecule has 1 aromatic rings. The predicted molar refractivity (Wildman–Crippen MR) is 64.9 cm³/mol. The molecule has 1 atom stereocenters. The van der Waals surface area contributed by atoms with Crippen LogP contribution in [0.4, 0.5) is 0 Å². The zero-order valence-electron chi connectivity index (χ0n) is 10.1. The number of rotatable bonds is 6. The van der Waals surface area contributed by atoms with Crippen molar-refractivity contribution >= 4 is 0 Å². The van der Waals surface area contributed by atoms with Gasteiger partial charge in [-0.1, -0.05) is 20.8 Å². The Morgan fingerprint density at radius 2 is 2.13 bits per heavy atom. The number of nitrogens with zero attached hydrogens (tertiary/aromatic N) is 1. The predicted octanol–water partition coefficient (Wildman–Crippen LogP) is 3.09. The lowest BCUT2D eigenvalue weighted by atomic mass is 9.99. The summed E-state index contributed by atoms with van der Waals surface area (Å²) in [4.78, 5) is 4.19. The fourth-order valence-electron chi connectivity index (χ4n) is 1.87. The summed E-state index contributed by atoms with van der Waals surface area (Å²) in [6.45, 7) is 7.71. The van der Waals surface area contributed by atoms with E-state index < -0.39 is 0 Å². The molecule has 0 amide bonds. The zero-order chi connectivity index (χ0) is 11.1. The van der Waals surface area contributed by atoms with Gasteiger partial charge in [-0.15, -0.1) is 0 Å². The van der Waals surface area contributed by atoms with E-state index in [9.17, 15) is 0 Å². The highest BCUT2D eigenvalue weighted by atomic mass is 14.9. The van der Waals surface area contributed by atoms with Gasteiger partial charge >= 0.3 is 0 Å². The number of hydrogen-bond donors (Lipinski definition) is 1. The second-order valence-corrected chi connectivity index (χ2v) is 3.84. The Balaban J connectivity index is 2.80. The molecule has 1 aromatic heterocycles. The summed E-state index contributed by atoms with van der Waals surface area (Å²) in [7, 11) is 0. The molecule has 2 heteroatoms. The van der Waals surface area contributed by atoms with E-state index in [2.05, 4.69) is 37.1 Å². The number of nitrogens with one attached hydrogen (secondary N) is 1. The highest BCUT2D eigenvalue weighted by Crippen LogP contribution is 2.20. The maximum atomic E-state index is 4.19. The number of aromatic nitrogens is 1. The molecule has 1 rings (SSSR count). The van der Waals surface area contributed by atoms with Crippen molar-refractivity contribution in [1.82, 2.24) is 10.3 Å². The lowest BCUT2D eigenvalue weighted by molar-refractivity contribution is 0.514. The molecule has 15 heavy (non-hydrogen) atoms. The number of aryl methyl sites for hydroxylation is 1. The average Bonchev–Trinajstić information content (AvgIpc) is 2.30. The van der Waals surface area contributed by atoms with Crippen LogP contribution in [0.5, 0.6) is 0 Å². The Labute approximate surface area is 93.1 Å². The third-order valence-corrected chi connectivity index (χ3v) is 2.75. The number of pyridine rings is 1. The van der Waals surface area contributed by atoms with Gasteiger partial charge in [0, 0.05) is 18.4 Å². The first-order chi connectivity index (χ1) is 7.33. The lowest BCUT2D eigenvalue weighted by Crippen LogP contribution is -2.22. The first-order valence-electron chi connectivity index (χ1n) is 5.99. The highest BCUT2D eigenvalue weighted by Gasteiger charge is 2.11. The van der Waals surface area contributed by atoms with E-state index in [1.54, 1.807) is 0 Å². The van der Waals surface area contributed by atoms with Gasteiger partial charge in [-0.25, -0.2) is 0 Å². The van der Waals surface area contributed by atoms with Crippen molar-refractivity contribution in [3.05, 3.63) is 29.6 Å². The van der Waals surface area contributed by atoms with E-state index in [4.69, 9.17) is 0 Å². The van der Waals surface area contributed by atoms with E-state index in [1.165, 1.54) is 17.5 Å². The Hall–Kier alpha value is -0.890. The molecular weight excluding hydrogens is 184 g/mol. The Bertz CT molecular complexity index is 284. The maximum Gasteiger partial charge on any atom is 0.0321 e. The van der Waals surface area contributed by atoms with Crippen LogP contribution in [0, 0.1) is 0 Å².